The highest BCUT2D eigenvalue weighted by Crippen LogP contribution is 2.13. The molecule has 0 unspecified atom stereocenters. The van der Waals surface area contributed by atoms with E-state index < -0.39 is 11.7 Å². The van der Waals surface area contributed by atoms with E-state index in [2.05, 4.69) is 10.3 Å². The van der Waals surface area contributed by atoms with Crippen molar-refractivity contribution >= 4 is 23.1 Å². The summed E-state index contributed by atoms with van der Waals surface area (Å²) in [6.07, 6.45) is 0.495. The smallest absolute Gasteiger partial charge is 0.332 e. The zero-order chi connectivity index (χ0) is 16.4. The monoisotopic (exact) mass is 309 g/mol. The standard InChI is InChI=1S/C13H19N5O4/c1-4-18-11(21)9-10(17(3)13(18)22)15-12(16(9)2)14-7-5-6-8(19)20/h4-7H2,1-3H3,(H,14,15)(H,19,20). The number of hydrogen-bond acceptors (Lipinski definition) is 5. The number of nitrogens with one attached hydrogen (secondary N) is 1. The van der Waals surface area contributed by atoms with Crippen molar-refractivity contribution in [2.75, 3.05) is 11.9 Å². The maximum Gasteiger partial charge on any atom is 0.332 e. The van der Waals surface area contributed by atoms with Crippen LogP contribution in [0.15, 0.2) is 9.59 Å². The average molecular weight is 309 g/mol. The van der Waals surface area contributed by atoms with Gasteiger partial charge in [-0.15, -0.1) is 0 Å². The van der Waals surface area contributed by atoms with Crippen molar-refractivity contribution in [2.45, 2.75) is 26.3 Å². The number of nitrogens with zero attached hydrogens (tertiary/aromatic N) is 4. The summed E-state index contributed by atoms with van der Waals surface area (Å²) >= 11 is 0. The Labute approximate surface area is 125 Å². The number of fused-ring (bicyclic) bond motifs is 1. The third-order valence-corrected chi connectivity index (χ3v) is 3.53. The minimum atomic E-state index is -0.861. The van der Waals surface area contributed by atoms with Crippen LogP contribution in [0.5, 0.6) is 0 Å². The first kappa shape index (κ1) is 15.8. The quantitative estimate of drug-likeness (QED) is 0.711. The van der Waals surface area contributed by atoms with Crippen LogP contribution in [-0.2, 0) is 25.4 Å². The summed E-state index contributed by atoms with van der Waals surface area (Å²) in [5.74, 6) is -0.429. The number of hydrogen-bond donors (Lipinski definition) is 2. The number of carbonyl (C=O) groups is 1. The molecule has 0 saturated carbocycles. The van der Waals surface area contributed by atoms with Crippen LogP contribution in [-0.4, -0.2) is 36.3 Å². The Morgan fingerprint density at radius 1 is 1.27 bits per heavy atom. The van der Waals surface area contributed by atoms with Crippen LogP contribution in [0.4, 0.5) is 5.95 Å². The first-order valence-corrected chi connectivity index (χ1v) is 7.00. The molecule has 2 aromatic rings. The number of imidazole rings is 1. The largest absolute Gasteiger partial charge is 0.481 e. The molecule has 120 valence electrons. The van der Waals surface area contributed by atoms with Crippen LogP contribution in [0, 0.1) is 0 Å². The molecule has 9 nitrogen and oxygen atoms in total. The van der Waals surface area contributed by atoms with Crippen molar-refractivity contribution in [3.8, 4) is 0 Å². The molecule has 0 atom stereocenters. The van der Waals surface area contributed by atoms with Gasteiger partial charge in [-0.25, -0.2) is 4.79 Å². The van der Waals surface area contributed by atoms with Gasteiger partial charge in [0.25, 0.3) is 5.56 Å². The molecular weight excluding hydrogens is 290 g/mol. The van der Waals surface area contributed by atoms with E-state index in [1.165, 1.54) is 4.57 Å². The second-order valence-electron chi connectivity index (χ2n) is 4.98. The van der Waals surface area contributed by atoms with Gasteiger partial charge in [-0.1, -0.05) is 0 Å². The summed E-state index contributed by atoms with van der Waals surface area (Å²) in [7, 11) is 3.25. The molecule has 0 aliphatic rings. The molecule has 2 rings (SSSR count). The molecule has 0 amide bonds. The number of rotatable bonds is 6. The first-order chi connectivity index (χ1) is 10.4. The second kappa shape index (κ2) is 6.04. The highest BCUT2D eigenvalue weighted by Gasteiger charge is 2.17. The summed E-state index contributed by atoms with van der Waals surface area (Å²) in [5.41, 5.74) is -0.141. The van der Waals surface area contributed by atoms with Gasteiger partial charge in [0.2, 0.25) is 5.95 Å². The van der Waals surface area contributed by atoms with Gasteiger partial charge in [-0.3, -0.25) is 18.7 Å². The lowest BCUT2D eigenvalue weighted by atomic mass is 10.3. The molecule has 0 fully saturated rings. The van der Waals surface area contributed by atoms with E-state index in [0.29, 0.717) is 30.1 Å². The number of aliphatic carboxylic acids is 1. The molecule has 22 heavy (non-hydrogen) atoms. The third kappa shape index (κ3) is 2.61. The van der Waals surface area contributed by atoms with Gasteiger partial charge in [0, 0.05) is 33.6 Å². The maximum absolute atomic E-state index is 12.4. The van der Waals surface area contributed by atoms with Gasteiger partial charge in [0.05, 0.1) is 0 Å². The van der Waals surface area contributed by atoms with Gasteiger partial charge in [0.15, 0.2) is 11.2 Å². The van der Waals surface area contributed by atoms with Crippen LogP contribution in [0.2, 0.25) is 0 Å². The van der Waals surface area contributed by atoms with E-state index in [9.17, 15) is 14.4 Å². The fourth-order valence-electron chi connectivity index (χ4n) is 2.32. The number of anilines is 1. The SMILES string of the molecule is CCn1c(=O)c2c(nc(NCCCC(=O)O)n2C)n(C)c1=O. The van der Waals surface area contributed by atoms with Crippen molar-refractivity contribution in [2.24, 2.45) is 14.1 Å². The topological polar surface area (TPSA) is 111 Å². The molecule has 2 N–H and O–H groups in total. The normalized spacial score (nSPS) is 11.0. The van der Waals surface area contributed by atoms with Crippen LogP contribution in [0.3, 0.4) is 0 Å². The molecule has 0 aliphatic heterocycles. The zero-order valence-corrected chi connectivity index (χ0v) is 12.8. The van der Waals surface area contributed by atoms with Gasteiger partial charge in [-0.05, 0) is 13.3 Å². The Bertz CT molecular complexity index is 830. The van der Waals surface area contributed by atoms with Crippen LogP contribution >= 0.6 is 0 Å². The fraction of sp³-hybridized carbons (Fsp3) is 0.538. The highest BCUT2D eigenvalue weighted by molar-refractivity contribution is 5.74. The van der Waals surface area contributed by atoms with Crippen LogP contribution in [0.1, 0.15) is 19.8 Å². The van der Waals surface area contributed by atoms with Gasteiger partial charge < -0.3 is 15.0 Å². The lowest BCUT2D eigenvalue weighted by Gasteiger charge is -2.06. The van der Waals surface area contributed by atoms with E-state index in [0.717, 1.165) is 4.57 Å². The van der Waals surface area contributed by atoms with E-state index in [1.54, 1.807) is 25.6 Å². The minimum absolute atomic E-state index is 0.0536. The highest BCUT2D eigenvalue weighted by atomic mass is 16.4. The minimum Gasteiger partial charge on any atom is -0.481 e. The number of carboxylic acids is 1. The first-order valence-electron chi connectivity index (χ1n) is 7.00. The van der Waals surface area contributed by atoms with E-state index >= 15 is 0 Å². The van der Waals surface area contributed by atoms with Crippen molar-refractivity contribution in [1.82, 2.24) is 18.7 Å². The molecule has 9 heteroatoms. The lowest BCUT2D eigenvalue weighted by Crippen LogP contribution is -2.39. The average Bonchev–Trinajstić information content (AvgIpc) is 2.79. The summed E-state index contributed by atoms with van der Waals surface area (Å²) < 4.78 is 4.07. The summed E-state index contributed by atoms with van der Waals surface area (Å²) in [5, 5.41) is 11.6. The van der Waals surface area contributed by atoms with Crippen molar-refractivity contribution in [3.63, 3.8) is 0 Å². The molecule has 2 heterocycles. The van der Waals surface area contributed by atoms with E-state index in [-0.39, 0.29) is 18.5 Å². The molecule has 0 saturated heterocycles. The Kier molecular flexibility index (Phi) is 4.34. The number of aryl methyl sites for hydroxylation is 2. The molecule has 2 aromatic heterocycles. The molecule has 0 aliphatic carbocycles. The predicted molar refractivity (Wildman–Crippen MR) is 81.2 cm³/mol. The predicted octanol–water partition coefficient (Wildman–Crippen LogP) is -0.270. The molecule has 0 aromatic carbocycles. The van der Waals surface area contributed by atoms with Crippen molar-refractivity contribution < 1.29 is 9.90 Å². The summed E-state index contributed by atoms with van der Waals surface area (Å²) in [6.45, 7) is 2.43. The number of aromatic nitrogens is 4. The van der Waals surface area contributed by atoms with E-state index in [4.69, 9.17) is 5.11 Å². The zero-order valence-electron chi connectivity index (χ0n) is 12.8. The molecule has 0 spiro atoms. The fourth-order valence-corrected chi connectivity index (χ4v) is 2.32. The second-order valence-corrected chi connectivity index (χ2v) is 4.98. The Balaban J connectivity index is 2.43. The van der Waals surface area contributed by atoms with Crippen LogP contribution < -0.4 is 16.6 Å². The molecular formula is C13H19N5O4. The summed E-state index contributed by atoms with van der Waals surface area (Å²) in [6, 6.07) is 0. The van der Waals surface area contributed by atoms with Crippen molar-refractivity contribution in [3.05, 3.63) is 20.8 Å². The maximum atomic E-state index is 12.4. The number of carboxylic acid groups (broad SMARTS) is 1. The Morgan fingerprint density at radius 3 is 2.55 bits per heavy atom. The molecule has 0 bridgehead atoms. The third-order valence-electron chi connectivity index (χ3n) is 3.53. The van der Waals surface area contributed by atoms with E-state index in [1.807, 2.05) is 0 Å². The Morgan fingerprint density at radius 2 is 1.95 bits per heavy atom. The van der Waals surface area contributed by atoms with Crippen molar-refractivity contribution in [1.29, 1.82) is 0 Å². The lowest BCUT2D eigenvalue weighted by molar-refractivity contribution is -0.137. The Hall–Kier alpha value is -2.58. The van der Waals surface area contributed by atoms with Crippen LogP contribution in [0.25, 0.3) is 11.2 Å². The summed E-state index contributed by atoms with van der Waals surface area (Å²) in [4.78, 5) is 39.2. The van der Waals surface area contributed by atoms with Gasteiger partial charge in [0.1, 0.15) is 0 Å². The van der Waals surface area contributed by atoms with Gasteiger partial charge in [-0.2, -0.15) is 4.98 Å². The van der Waals surface area contributed by atoms with Gasteiger partial charge >= 0.3 is 11.7 Å². The molecule has 0 radical (unpaired) electrons.